The van der Waals surface area contributed by atoms with E-state index in [1.54, 1.807) is 13.8 Å². The average molecular weight is 272 g/mol. The number of hydrogen-bond acceptors (Lipinski definition) is 3. The van der Waals surface area contributed by atoms with Gasteiger partial charge in [-0.1, -0.05) is 6.08 Å². The van der Waals surface area contributed by atoms with Crippen LogP contribution in [0.5, 0.6) is 0 Å². The molecule has 0 fully saturated rings. The topological polar surface area (TPSA) is 88.4 Å². The maximum absolute atomic E-state index is 11.9. The van der Waals surface area contributed by atoms with Gasteiger partial charge in [0.1, 0.15) is 10.6 Å². The molecule has 0 saturated heterocycles. The highest BCUT2D eigenvalue weighted by atomic mass is 32.2. The predicted octanol–water partition coefficient (Wildman–Crippen LogP) is 1.06. The van der Waals surface area contributed by atoms with Gasteiger partial charge < -0.3 is 9.67 Å². The Bertz CT molecular complexity index is 560. The lowest BCUT2D eigenvalue weighted by atomic mass is 10.4. The number of carboxylic acids is 1. The van der Waals surface area contributed by atoms with Crippen molar-refractivity contribution in [2.24, 2.45) is 0 Å². The third-order valence-corrected chi connectivity index (χ3v) is 3.96. The van der Waals surface area contributed by atoms with Crippen LogP contribution in [0, 0.1) is 0 Å². The number of sulfonamides is 1. The molecule has 100 valence electrons. The fraction of sp³-hybridized carbons (Fsp3) is 0.364. The molecule has 6 nitrogen and oxygen atoms in total. The number of nitrogens with zero attached hydrogens (tertiary/aromatic N) is 1. The van der Waals surface area contributed by atoms with Crippen LogP contribution in [0.3, 0.4) is 0 Å². The zero-order valence-electron chi connectivity index (χ0n) is 10.3. The average Bonchev–Trinajstić information content (AvgIpc) is 2.73. The number of hydrogen-bond donors (Lipinski definition) is 2. The van der Waals surface area contributed by atoms with Crippen LogP contribution in [-0.2, 0) is 16.6 Å². The molecule has 0 radical (unpaired) electrons. The Morgan fingerprint density at radius 2 is 2.28 bits per heavy atom. The highest BCUT2D eigenvalue weighted by Gasteiger charge is 2.21. The van der Waals surface area contributed by atoms with E-state index in [1.165, 1.54) is 16.8 Å². The summed E-state index contributed by atoms with van der Waals surface area (Å²) in [6.45, 7) is 7.24. The summed E-state index contributed by atoms with van der Waals surface area (Å²) < 4.78 is 27.6. The SMILES string of the molecule is C=CC(C)NS(=O)(=O)c1cc(C(=O)O)n(CC)c1. The Morgan fingerprint density at radius 1 is 1.67 bits per heavy atom. The van der Waals surface area contributed by atoms with E-state index in [9.17, 15) is 13.2 Å². The normalized spacial score (nSPS) is 13.2. The van der Waals surface area contributed by atoms with Crippen LogP contribution >= 0.6 is 0 Å². The fourth-order valence-corrected chi connectivity index (χ4v) is 2.69. The van der Waals surface area contributed by atoms with Gasteiger partial charge >= 0.3 is 5.97 Å². The molecule has 0 aliphatic rings. The first kappa shape index (κ1) is 14.5. The second-order valence-corrected chi connectivity index (χ2v) is 5.51. The monoisotopic (exact) mass is 272 g/mol. The Kier molecular flexibility index (Phi) is 4.31. The van der Waals surface area contributed by atoms with Crippen molar-refractivity contribution in [3.05, 3.63) is 30.6 Å². The van der Waals surface area contributed by atoms with Gasteiger partial charge in [0, 0.05) is 18.8 Å². The molecule has 1 heterocycles. The van der Waals surface area contributed by atoms with Crippen LogP contribution in [0.25, 0.3) is 0 Å². The van der Waals surface area contributed by atoms with E-state index < -0.39 is 22.0 Å². The van der Waals surface area contributed by atoms with Gasteiger partial charge in [0.2, 0.25) is 10.0 Å². The second-order valence-electron chi connectivity index (χ2n) is 3.80. The zero-order valence-corrected chi connectivity index (χ0v) is 11.1. The lowest BCUT2D eigenvalue weighted by Crippen LogP contribution is -2.30. The maximum atomic E-state index is 11.9. The van der Waals surface area contributed by atoms with E-state index in [0.717, 1.165) is 6.07 Å². The number of aromatic carboxylic acids is 1. The molecule has 1 atom stereocenters. The molecule has 0 bridgehead atoms. The van der Waals surface area contributed by atoms with Crippen molar-refractivity contribution in [1.82, 2.24) is 9.29 Å². The summed E-state index contributed by atoms with van der Waals surface area (Å²) in [7, 11) is -3.72. The first-order chi connectivity index (χ1) is 8.31. The summed E-state index contributed by atoms with van der Waals surface area (Å²) in [6, 6.07) is 0.720. The Morgan fingerprint density at radius 3 is 2.67 bits per heavy atom. The van der Waals surface area contributed by atoms with Gasteiger partial charge in [0.25, 0.3) is 0 Å². The van der Waals surface area contributed by atoms with Crippen molar-refractivity contribution in [3.63, 3.8) is 0 Å². The number of carboxylic acid groups (broad SMARTS) is 1. The first-order valence-electron chi connectivity index (χ1n) is 5.40. The standard InChI is InChI=1S/C11H16N2O4S/c1-4-8(3)12-18(16,17)9-6-10(11(14)15)13(5-2)7-9/h4,6-8,12H,1,5H2,2-3H3,(H,14,15). The van der Waals surface area contributed by atoms with Gasteiger partial charge in [-0.05, 0) is 19.9 Å². The van der Waals surface area contributed by atoms with E-state index >= 15 is 0 Å². The minimum atomic E-state index is -3.72. The molecule has 0 aliphatic heterocycles. The van der Waals surface area contributed by atoms with Gasteiger partial charge in [-0.2, -0.15) is 0 Å². The van der Waals surface area contributed by atoms with Gasteiger partial charge in [0.05, 0.1) is 0 Å². The molecule has 0 aliphatic carbocycles. The van der Waals surface area contributed by atoms with E-state index in [2.05, 4.69) is 11.3 Å². The summed E-state index contributed by atoms with van der Waals surface area (Å²) in [4.78, 5) is 10.9. The third kappa shape index (κ3) is 2.99. The van der Waals surface area contributed by atoms with Crippen molar-refractivity contribution in [3.8, 4) is 0 Å². The molecule has 1 rings (SSSR count). The van der Waals surface area contributed by atoms with E-state index in [-0.39, 0.29) is 10.6 Å². The lowest BCUT2D eigenvalue weighted by Gasteiger charge is -2.08. The number of aromatic nitrogens is 1. The summed E-state index contributed by atoms with van der Waals surface area (Å²) in [5.74, 6) is -1.16. The molecule has 1 unspecified atom stereocenters. The van der Waals surface area contributed by atoms with E-state index in [0.29, 0.717) is 6.54 Å². The highest BCUT2D eigenvalue weighted by molar-refractivity contribution is 7.89. The minimum Gasteiger partial charge on any atom is -0.477 e. The van der Waals surface area contributed by atoms with Crippen molar-refractivity contribution < 1.29 is 18.3 Å². The zero-order chi connectivity index (χ0) is 13.9. The summed E-state index contributed by atoms with van der Waals surface area (Å²) in [5, 5.41) is 8.95. The molecular formula is C11H16N2O4S. The number of carbonyl (C=O) groups is 1. The summed E-state index contributed by atoms with van der Waals surface area (Å²) >= 11 is 0. The quantitative estimate of drug-likeness (QED) is 0.758. The Hall–Kier alpha value is -1.60. The summed E-state index contributed by atoms with van der Waals surface area (Å²) in [5.41, 5.74) is -0.0517. The van der Waals surface area contributed by atoms with Crippen LogP contribution in [0.15, 0.2) is 29.8 Å². The van der Waals surface area contributed by atoms with Gasteiger partial charge in [-0.15, -0.1) is 6.58 Å². The fourth-order valence-electron chi connectivity index (χ4n) is 1.43. The van der Waals surface area contributed by atoms with Gasteiger partial charge in [0.15, 0.2) is 0 Å². The molecule has 1 aromatic rings. The molecule has 7 heteroatoms. The lowest BCUT2D eigenvalue weighted by molar-refractivity contribution is 0.0685. The molecule has 0 saturated carbocycles. The molecule has 0 amide bonds. The Balaban J connectivity index is 3.18. The second kappa shape index (κ2) is 5.36. The van der Waals surface area contributed by atoms with Crippen molar-refractivity contribution in [2.45, 2.75) is 31.3 Å². The number of rotatable bonds is 6. The first-order valence-corrected chi connectivity index (χ1v) is 6.88. The van der Waals surface area contributed by atoms with Crippen LogP contribution < -0.4 is 4.72 Å². The van der Waals surface area contributed by atoms with Crippen molar-refractivity contribution in [1.29, 1.82) is 0 Å². The Labute approximate surface area is 106 Å². The smallest absolute Gasteiger partial charge is 0.352 e. The third-order valence-electron chi connectivity index (χ3n) is 2.44. The largest absolute Gasteiger partial charge is 0.477 e. The number of nitrogens with one attached hydrogen (secondary N) is 1. The molecular weight excluding hydrogens is 256 g/mol. The molecule has 1 aromatic heterocycles. The molecule has 2 N–H and O–H groups in total. The molecule has 18 heavy (non-hydrogen) atoms. The number of aryl methyl sites for hydroxylation is 1. The summed E-state index contributed by atoms with van der Waals surface area (Å²) in [6.07, 6.45) is 2.76. The van der Waals surface area contributed by atoms with Gasteiger partial charge in [-0.25, -0.2) is 17.9 Å². The molecule has 0 spiro atoms. The van der Waals surface area contributed by atoms with Gasteiger partial charge in [-0.3, -0.25) is 0 Å². The van der Waals surface area contributed by atoms with E-state index in [4.69, 9.17) is 5.11 Å². The molecule has 0 aromatic carbocycles. The van der Waals surface area contributed by atoms with Crippen LogP contribution in [-0.4, -0.2) is 30.1 Å². The van der Waals surface area contributed by atoms with Crippen LogP contribution in [0.1, 0.15) is 24.3 Å². The minimum absolute atomic E-state index is 0.0517. The maximum Gasteiger partial charge on any atom is 0.352 e. The van der Waals surface area contributed by atoms with Crippen molar-refractivity contribution in [2.75, 3.05) is 0 Å². The van der Waals surface area contributed by atoms with Crippen molar-refractivity contribution >= 4 is 16.0 Å². The van der Waals surface area contributed by atoms with Crippen LogP contribution in [0.4, 0.5) is 0 Å². The highest BCUT2D eigenvalue weighted by Crippen LogP contribution is 2.15. The van der Waals surface area contributed by atoms with E-state index in [1.807, 2.05) is 0 Å². The predicted molar refractivity (Wildman–Crippen MR) is 67.0 cm³/mol. The van der Waals surface area contributed by atoms with Crippen LogP contribution in [0.2, 0.25) is 0 Å².